The molecule has 0 aromatic carbocycles. The first-order valence-electron chi connectivity index (χ1n) is 19.6. The summed E-state index contributed by atoms with van der Waals surface area (Å²) in [7, 11) is 0. The van der Waals surface area contributed by atoms with E-state index in [9.17, 15) is 0 Å². The lowest BCUT2D eigenvalue weighted by Crippen LogP contribution is -2.38. The number of hydrogen-bond donors (Lipinski definition) is 0. The van der Waals surface area contributed by atoms with Crippen LogP contribution in [-0.2, 0) is 65.0 Å². The van der Waals surface area contributed by atoms with Crippen LogP contribution in [0.5, 0.6) is 0 Å². The minimum Gasteiger partial charge on any atom is -0.246 e. The third-order valence-electron chi connectivity index (χ3n) is 9.96. The van der Waals surface area contributed by atoms with Crippen LogP contribution in [0.25, 0.3) is 0 Å². The van der Waals surface area contributed by atoms with E-state index >= 15 is 0 Å². The van der Waals surface area contributed by atoms with Gasteiger partial charge in [-0.2, -0.15) is 10.2 Å². The van der Waals surface area contributed by atoms with Crippen LogP contribution in [0, 0.1) is 0 Å². The number of nitrogens with zero attached hydrogens (tertiary/aromatic N) is 10. The van der Waals surface area contributed by atoms with Gasteiger partial charge in [0.1, 0.15) is 35.9 Å². The van der Waals surface area contributed by atoms with Gasteiger partial charge in [-0.1, -0.05) is 80.1 Å². The molecule has 5 rings (SSSR count). The van der Waals surface area contributed by atoms with Gasteiger partial charge in [-0.25, -0.2) is 37.6 Å². The first-order valence-corrected chi connectivity index (χ1v) is 19.6. The Balaban J connectivity index is 1.69. The highest BCUT2D eigenvalue weighted by Crippen LogP contribution is 2.19. The number of aryl methyl sites for hydroxylation is 2. The van der Waals surface area contributed by atoms with Crippen LogP contribution in [0.4, 0.5) is 0 Å². The molecule has 0 amide bonds. The van der Waals surface area contributed by atoms with Gasteiger partial charge in [0.05, 0.1) is 0 Å². The van der Waals surface area contributed by atoms with E-state index in [1.165, 1.54) is 74.1 Å². The summed E-state index contributed by atoms with van der Waals surface area (Å²) in [6.45, 7) is 18.4. The Hall–Kier alpha value is -3.30. The van der Waals surface area contributed by atoms with Crippen LogP contribution in [-0.4, -0.2) is 38.7 Å². The summed E-state index contributed by atoms with van der Waals surface area (Å²) < 4.78 is 14.3. The van der Waals surface area contributed by atoms with Crippen LogP contribution in [0.1, 0.15) is 165 Å². The second kappa shape index (κ2) is 17.9. The molecule has 10 heteroatoms. The second-order valence-electron chi connectivity index (χ2n) is 14.0. The quantitative estimate of drug-likeness (QED) is 0.100. The molecule has 4 aromatic heterocycles. The molecule has 0 saturated heterocycles. The molecule has 0 fully saturated rings. The smallest absolute Gasteiger partial charge is 0.245 e. The summed E-state index contributed by atoms with van der Waals surface area (Å²) in [6, 6.07) is 0. The van der Waals surface area contributed by atoms with E-state index in [-0.39, 0.29) is 0 Å². The molecule has 0 N–H and O–H groups in total. The van der Waals surface area contributed by atoms with Gasteiger partial charge < -0.3 is 0 Å². The van der Waals surface area contributed by atoms with Crippen molar-refractivity contribution in [2.45, 2.75) is 184 Å². The van der Waals surface area contributed by atoms with Crippen molar-refractivity contribution in [1.82, 2.24) is 38.7 Å². The minimum absolute atomic E-state index is 0.692. The number of fused-ring (bicyclic) bond motifs is 8. The predicted octanol–water partition coefficient (Wildman–Crippen LogP) is 6.52. The monoisotopic (exact) mass is 661 g/mol. The fourth-order valence-corrected chi connectivity index (χ4v) is 7.16. The zero-order chi connectivity index (χ0) is 33.9. The van der Waals surface area contributed by atoms with Gasteiger partial charge in [-0.05, 0) is 38.5 Å². The minimum atomic E-state index is 0.692. The third-order valence-corrected chi connectivity index (χ3v) is 9.96. The van der Waals surface area contributed by atoms with Crippen molar-refractivity contribution >= 4 is 0 Å². The lowest BCUT2D eigenvalue weighted by atomic mass is 10.1. The Morgan fingerprint density at radius 3 is 1.54 bits per heavy atom. The van der Waals surface area contributed by atoms with E-state index in [2.05, 4.69) is 81.8 Å². The van der Waals surface area contributed by atoms with Crippen molar-refractivity contribution < 1.29 is 9.13 Å². The van der Waals surface area contributed by atoms with Gasteiger partial charge in [0.15, 0.2) is 36.4 Å². The van der Waals surface area contributed by atoms with Crippen LogP contribution < -0.4 is 9.13 Å². The Morgan fingerprint density at radius 1 is 0.521 bits per heavy atom. The molecule has 1 aliphatic heterocycles. The topological polar surface area (TPSA) is 79.0 Å². The summed E-state index contributed by atoms with van der Waals surface area (Å²) >= 11 is 0. The molecule has 0 atom stereocenters. The van der Waals surface area contributed by atoms with E-state index in [1.54, 1.807) is 0 Å². The summed E-state index contributed by atoms with van der Waals surface area (Å²) in [6.07, 6.45) is 22.9. The van der Waals surface area contributed by atoms with Crippen molar-refractivity contribution in [1.29, 1.82) is 0 Å². The Bertz CT molecular complexity index is 1460. The average molecular weight is 661 g/mol. The van der Waals surface area contributed by atoms with Gasteiger partial charge in [0.2, 0.25) is 12.7 Å². The fourth-order valence-electron chi connectivity index (χ4n) is 7.16. The maximum atomic E-state index is 5.31. The zero-order valence-corrected chi connectivity index (χ0v) is 31.2. The Kier molecular flexibility index (Phi) is 13.4. The molecular formula is C38H64N10+2. The highest BCUT2D eigenvalue weighted by molar-refractivity contribution is 5.13. The number of aromatic nitrogens is 10. The van der Waals surface area contributed by atoms with Gasteiger partial charge in [0.25, 0.3) is 0 Å². The molecular weight excluding hydrogens is 596 g/mol. The molecule has 0 spiro atoms. The molecule has 5 heterocycles. The summed E-state index contributed by atoms with van der Waals surface area (Å²) in [5, 5.41) is 10.4. The number of unbranched alkanes of at least 4 members (excludes halogenated alkanes) is 6. The average Bonchev–Trinajstić information content (AvgIpc) is 3.82. The lowest BCUT2D eigenvalue weighted by molar-refractivity contribution is -0.696. The number of rotatable bonds is 18. The van der Waals surface area contributed by atoms with Crippen LogP contribution >= 0.6 is 0 Å². The molecule has 0 saturated carbocycles. The Labute approximate surface area is 289 Å². The number of hydrogen-bond acceptors (Lipinski definition) is 4. The van der Waals surface area contributed by atoms with Gasteiger partial charge in [0, 0.05) is 38.8 Å². The van der Waals surface area contributed by atoms with E-state index in [4.69, 9.17) is 20.2 Å². The van der Waals surface area contributed by atoms with Crippen molar-refractivity contribution in [2.75, 3.05) is 0 Å². The molecule has 8 bridgehead atoms. The van der Waals surface area contributed by atoms with Crippen LogP contribution in [0.2, 0.25) is 0 Å². The summed E-state index contributed by atoms with van der Waals surface area (Å²) in [5.74, 6) is 3.98. The van der Waals surface area contributed by atoms with E-state index < -0.39 is 0 Å². The summed E-state index contributed by atoms with van der Waals surface area (Å²) in [5.41, 5.74) is 5.76. The molecule has 10 nitrogen and oxygen atoms in total. The predicted molar refractivity (Wildman–Crippen MR) is 190 cm³/mol. The lowest BCUT2D eigenvalue weighted by Gasteiger charge is -2.07. The van der Waals surface area contributed by atoms with E-state index in [0.29, 0.717) is 13.1 Å². The van der Waals surface area contributed by atoms with Crippen molar-refractivity contribution in [2.24, 2.45) is 0 Å². The van der Waals surface area contributed by atoms with Crippen LogP contribution in [0.15, 0.2) is 12.7 Å². The second-order valence-corrected chi connectivity index (χ2v) is 14.0. The maximum Gasteiger partial charge on any atom is 0.245 e. The highest BCUT2D eigenvalue weighted by Gasteiger charge is 2.29. The molecule has 264 valence electrons. The molecule has 1 aliphatic rings. The molecule has 4 aromatic rings. The largest absolute Gasteiger partial charge is 0.246 e. The first-order chi connectivity index (χ1) is 23.5. The van der Waals surface area contributed by atoms with Crippen LogP contribution in [0.3, 0.4) is 0 Å². The molecule has 48 heavy (non-hydrogen) atoms. The van der Waals surface area contributed by atoms with Crippen molar-refractivity contribution in [3.05, 3.63) is 58.7 Å². The van der Waals surface area contributed by atoms with E-state index in [0.717, 1.165) is 101 Å². The Morgan fingerprint density at radius 2 is 0.979 bits per heavy atom. The first kappa shape index (κ1) is 36.0. The SMILES string of the molecule is CCCCc1c(CCCC)[n+]2cn1Cc1nc(n(CCCC)n1)C[n+]1cn(c(CCCC)c1CCCC)Cc1nc(nn1CCCC)C2. The molecule has 0 unspecified atom stereocenters. The number of imidazole rings is 2. The maximum absolute atomic E-state index is 5.31. The van der Waals surface area contributed by atoms with Gasteiger partial charge >= 0.3 is 0 Å². The highest BCUT2D eigenvalue weighted by atomic mass is 15.4. The molecule has 0 radical (unpaired) electrons. The van der Waals surface area contributed by atoms with E-state index in [1.807, 2.05) is 0 Å². The van der Waals surface area contributed by atoms with Crippen molar-refractivity contribution in [3.8, 4) is 0 Å². The zero-order valence-electron chi connectivity index (χ0n) is 31.2. The van der Waals surface area contributed by atoms with Crippen molar-refractivity contribution in [3.63, 3.8) is 0 Å². The van der Waals surface area contributed by atoms with Gasteiger partial charge in [-0.15, -0.1) is 0 Å². The van der Waals surface area contributed by atoms with Gasteiger partial charge in [-0.3, -0.25) is 0 Å². The molecule has 0 aliphatic carbocycles. The third kappa shape index (κ3) is 8.64. The normalized spacial score (nSPS) is 13.1. The standard InChI is InChI=1S/C38H64N10/c1-7-13-19-31-32(20-14-8-2)44-26-36-40-38(48(42-36)24-18-12-6)28-46-30-45(33(21-15-9-3)34(46)22-16-10-4)27-37-39-35(25-43(31)29-44)41-47(37)23-17-11-5/h29-30H,7-28H2,1-6H3/q+2. The fraction of sp³-hybridized carbons (Fsp3) is 0.737. The summed E-state index contributed by atoms with van der Waals surface area (Å²) in [4.78, 5) is 10.6.